The van der Waals surface area contributed by atoms with E-state index in [0.717, 1.165) is 0 Å². The van der Waals surface area contributed by atoms with Crippen LogP contribution in [0.3, 0.4) is 0 Å². The molecule has 2 heterocycles. The maximum atomic E-state index is 10.2. The summed E-state index contributed by atoms with van der Waals surface area (Å²) in [7, 11) is 0. The minimum atomic E-state index is -0.265. The van der Waals surface area contributed by atoms with Crippen LogP contribution in [0.25, 0.3) is 16.9 Å². The first kappa shape index (κ1) is 10.5. The van der Waals surface area contributed by atoms with Crippen molar-refractivity contribution < 1.29 is 10.2 Å². The fourth-order valence-electron chi connectivity index (χ4n) is 1.84. The Kier molecular flexibility index (Phi) is 2.16. The Morgan fingerprint density at radius 3 is 2.50 bits per heavy atom. The number of hydrogen-bond donors (Lipinski definition) is 2. The molecule has 18 heavy (non-hydrogen) atoms. The minimum Gasteiger partial charge on any atom is -0.493 e. The maximum absolute atomic E-state index is 10.2. The highest BCUT2D eigenvalue weighted by atomic mass is 16.3. The van der Waals surface area contributed by atoms with E-state index in [2.05, 4.69) is 15.1 Å². The number of nitrogens with zero attached hydrogens (tertiary/aromatic N) is 4. The van der Waals surface area contributed by atoms with Gasteiger partial charge in [0.1, 0.15) is 11.4 Å². The fraction of sp³-hybridized carbons (Fsp3) is 0.0833. The van der Waals surface area contributed by atoms with Crippen LogP contribution in [0, 0.1) is 6.92 Å². The van der Waals surface area contributed by atoms with Crippen LogP contribution in [-0.4, -0.2) is 29.8 Å². The van der Waals surface area contributed by atoms with Gasteiger partial charge in [0.25, 0.3) is 5.78 Å². The summed E-state index contributed by atoms with van der Waals surface area (Å²) in [4.78, 5) is 7.91. The summed E-state index contributed by atoms with van der Waals surface area (Å²) in [6.07, 6.45) is 0. The van der Waals surface area contributed by atoms with E-state index in [0.29, 0.717) is 11.4 Å². The first-order valence-corrected chi connectivity index (χ1v) is 5.37. The lowest BCUT2D eigenvalue weighted by molar-refractivity contribution is 0.416. The molecular formula is C12H10N4O2. The van der Waals surface area contributed by atoms with Gasteiger partial charge in [0, 0.05) is 0 Å². The Hall–Kier alpha value is -2.63. The fourth-order valence-corrected chi connectivity index (χ4v) is 1.84. The van der Waals surface area contributed by atoms with E-state index in [-0.39, 0.29) is 23.1 Å². The van der Waals surface area contributed by atoms with Crippen molar-refractivity contribution in [3.63, 3.8) is 0 Å². The highest BCUT2D eigenvalue weighted by Crippen LogP contribution is 2.35. The predicted molar refractivity (Wildman–Crippen MR) is 64.3 cm³/mol. The molecule has 0 saturated heterocycles. The molecule has 0 spiro atoms. The SMILES string of the molecule is Cc1nc2nc(O)c(-c3ccccc3)c(O)n2n1. The first-order valence-electron chi connectivity index (χ1n) is 5.37. The lowest BCUT2D eigenvalue weighted by Gasteiger charge is -2.07. The lowest BCUT2D eigenvalue weighted by atomic mass is 10.1. The Balaban J connectivity index is 2.36. The molecular weight excluding hydrogens is 232 g/mol. The molecule has 1 aromatic carbocycles. The summed E-state index contributed by atoms with van der Waals surface area (Å²) in [5.41, 5.74) is 0.906. The van der Waals surface area contributed by atoms with Crippen LogP contribution in [0.15, 0.2) is 30.3 Å². The molecule has 0 radical (unpaired) electrons. The third-order valence-corrected chi connectivity index (χ3v) is 2.61. The second kappa shape index (κ2) is 3.69. The van der Waals surface area contributed by atoms with Crippen LogP contribution in [0.2, 0.25) is 0 Å². The molecule has 0 bridgehead atoms. The van der Waals surface area contributed by atoms with Crippen molar-refractivity contribution in [3.05, 3.63) is 36.2 Å². The molecule has 0 unspecified atom stereocenters. The molecule has 3 rings (SSSR count). The zero-order valence-electron chi connectivity index (χ0n) is 9.57. The summed E-state index contributed by atoms with van der Waals surface area (Å²) in [6, 6.07) is 9.01. The van der Waals surface area contributed by atoms with Gasteiger partial charge in [-0.1, -0.05) is 30.3 Å². The van der Waals surface area contributed by atoms with Gasteiger partial charge in [0.15, 0.2) is 0 Å². The quantitative estimate of drug-likeness (QED) is 0.675. The van der Waals surface area contributed by atoms with Crippen LogP contribution < -0.4 is 0 Å². The second-order valence-electron chi connectivity index (χ2n) is 3.87. The van der Waals surface area contributed by atoms with Crippen molar-refractivity contribution >= 4 is 5.78 Å². The van der Waals surface area contributed by atoms with Crippen molar-refractivity contribution in [2.24, 2.45) is 0 Å². The normalized spacial score (nSPS) is 10.9. The van der Waals surface area contributed by atoms with Crippen LogP contribution in [0.1, 0.15) is 5.82 Å². The van der Waals surface area contributed by atoms with Crippen LogP contribution in [0.5, 0.6) is 11.8 Å². The summed E-state index contributed by atoms with van der Waals surface area (Å²) < 4.78 is 1.21. The van der Waals surface area contributed by atoms with Crippen LogP contribution in [-0.2, 0) is 0 Å². The zero-order chi connectivity index (χ0) is 12.7. The largest absolute Gasteiger partial charge is 0.493 e. The molecule has 0 amide bonds. The number of aromatic hydroxyl groups is 2. The van der Waals surface area contributed by atoms with Gasteiger partial charge >= 0.3 is 0 Å². The lowest BCUT2D eigenvalue weighted by Crippen LogP contribution is -1.95. The standard InChI is InChI=1S/C12H10N4O2/c1-7-13-12-14-10(17)9(11(18)16(12)15-7)8-5-3-2-4-6-8/h2-6,18H,1H3,(H,13,14,15,17). The molecule has 0 saturated carbocycles. The molecule has 0 aliphatic carbocycles. The number of hydrogen-bond acceptors (Lipinski definition) is 5. The summed E-state index contributed by atoms with van der Waals surface area (Å²) >= 11 is 0. The average molecular weight is 242 g/mol. The molecule has 6 nitrogen and oxygen atoms in total. The van der Waals surface area contributed by atoms with Gasteiger partial charge in [0.2, 0.25) is 11.8 Å². The van der Waals surface area contributed by atoms with Crippen LogP contribution in [0.4, 0.5) is 0 Å². The third kappa shape index (κ3) is 1.46. The Labute approximate surface area is 102 Å². The topological polar surface area (TPSA) is 83.5 Å². The highest BCUT2D eigenvalue weighted by molar-refractivity contribution is 5.74. The number of aryl methyl sites for hydroxylation is 1. The van der Waals surface area contributed by atoms with Gasteiger partial charge in [-0.05, 0) is 12.5 Å². The summed E-state index contributed by atoms with van der Waals surface area (Å²) in [5.74, 6) is 0.201. The predicted octanol–water partition coefficient (Wildman–Crippen LogP) is 1.51. The number of aromatic nitrogens is 4. The van der Waals surface area contributed by atoms with Crippen molar-refractivity contribution in [1.29, 1.82) is 0 Å². The first-order chi connectivity index (χ1) is 8.66. The average Bonchev–Trinajstić information content (AvgIpc) is 2.71. The zero-order valence-corrected chi connectivity index (χ0v) is 9.57. The van der Waals surface area contributed by atoms with Crippen molar-refractivity contribution in [3.8, 4) is 22.9 Å². The van der Waals surface area contributed by atoms with Gasteiger partial charge in [-0.15, -0.1) is 5.10 Å². The number of rotatable bonds is 1. The molecule has 2 N–H and O–H groups in total. The van der Waals surface area contributed by atoms with Gasteiger partial charge < -0.3 is 10.2 Å². The van der Waals surface area contributed by atoms with Gasteiger partial charge in [-0.3, -0.25) is 0 Å². The van der Waals surface area contributed by atoms with Crippen molar-refractivity contribution in [2.75, 3.05) is 0 Å². The molecule has 0 aliphatic rings. The maximum Gasteiger partial charge on any atom is 0.259 e. The molecule has 2 aromatic heterocycles. The number of benzene rings is 1. The van der Waals surface area contributed by atoms with E-state index in [1.165, 1.54) is 4.52 Å². The van der Waals surface area contributed by atoms with Gasteiger partial charge in [-0.25, -0.2) is 0 Å². The minimum absolute atomic E-state index is 0.169. The Bertz CT molecular complexity index is 722. The van der Waals surface area contributed by atoms with Crippen LogP contribution >= 0.6 is 0 Å². The molecule has 0 atom stereocenters. The van der Waals surface area contributed by atoms with Gasteiger partial charge in [-0.2, -0.15) is 14.5 Å². The molecule has 90 valence electrons. The van der Waals surface area contributed by atoms with Crippen molar-refractivity contribution in [2.45, 2.75) is 6.92 Å². The molecule has 0 fully saturated rings. The molecule has 0 aliphatic heterocycles. The van der Waals surface area contributed by atoms with E-state index < -0.39 is 0 Å². The molecule has 3 aromatic rings. The summed E-state index contributed by atoms with van der Waals surface area (Å²) in [6.45, 7) is 1.69. The van der Waals surface area contributed by atoms with E-state index in [1.54, 1.807) is 19.1 Å². The smallest absolute Gasteiger partial charge is 0.259 e. The monoisotopic (exact) mass is 242 g/mol. The van der Waals surface area contributed by atoms with E-state index in [9.17, 15) is 10.2 Å². The second-order valence-corrected chi connectivity index (χ2v) is 3.87. The third-order valence-electron chi connectivity index (χ3n) is 2.61. The molecule has 6 heteroatoms. The van der Waals surface area contributed by atoms with Gasteiger partial charge in [0.05, 0.1) is 0 Å². The summed E-state index contributed by atoms with van der Waals surface area (Å²) in [5, 5.41) is 24.1. The number of fused-ring (bicyclic) bond motifs is 1. The Morgan fingerprint density at radius 1 is 1.06 bits per heavy atom. The highest BCUT2D eigenvalue weighted by Gasteiger charge is 2.17. The Morgan fingerprint density at radius 2 is 1.78 bits per heavy atom. The van der Waals surface area contributed by atoms with E-state index >= 15 is 0 Å². The van der Waals surface area contributed by atoms with E-state index in [1.807, 2.05) is 18.2 Å². The van der Waals surface area contributed by atoms with E-state index in [4.69, 9.17) is 0 Å². The van der Waals surface area contributed by atoms with Crippen molar-refractivity contribution in [1.82, 2.24) is 19.6 Å².